The van der Waals surface area contributed by atoms with Gasteiger partial charge in [0.25, 0.3) is 0 Å². The Bertz CT molecular complexity index is 323. The summed E-state index contributed by atoms with van der Waals surface area (Å²) in [6, 6.07) is 0. The molecule has 3 nitrogen and oxygen atoms in total. The first-order valence-electron chi connectivity index (χ1n) is 6.05. The van der Waals surface area contributed by atoms with Gasteiger partial charge in [-0.05, 0) is 18.8 Å². The zero-order valence-electron chi connectivity index (χ0n) is 9.69. The van der Waals surface area contributed by atoms with Crippen molar-refractivity contribution in [1.82, 2.24) is 9.78 Å². The molecule has 1 aromatic heterocycles. The molecule has 1 saturated carbocycles. The zero-order chi connectivity index (χ0) is 11.5. The SMILES string of the molecule is Cn1ncc(Cl)c1C(O)C1CCCCCC1. The molecule has 0 saturated heterocycles. The number of hydrogen-bond donors (Lipinski definition) is 1. The molecule has 1 unspecified atom stereocenters. The molecule has 0 radical (unpaired) electrons. The predicted molar refractivity (Wildman–Crippen MR) is 64.4 cm³/mol. The highest BCUT2D eigenvalue weighted by molar-refractivity contribution is 6.31. The third-order valence-electron chi connectivity index (χ3n) is 3.56. The number of halogens is 1. The first-order chi connectivity index (χ1) is 7.70. The van der Waals surface area contributed by atoms with E-state index in [2.05, 4.69) is 5.10 Å². The lowest BCUT2D eigenvalue weighted by molar-refractivity contribution is 0.0911. The van der Waals surface area contributed by atoms with Crippen molar-refractivity contribution in [1.29, 1.82) is 0 Å². The predicted octanol–water partition coefficient (Wildman–Crippen LogP) is 3.08. The van der Waals surface area contributed by atoms with Crippen LogP contribution in [0.25, 0.3) is 0 Å². The van der Waals surface area contributed by atoms with Crippen molar-refractivity contribution in [3.8, 4) is 0 Å². The summed E-state index contributed by atoms with van der Waals surface area (Å²) in [5.74, 6) is 0.343. The molecule has 90 valence electrons. The summed E-state index contributed by atoms with van der Waals surface area (Å²) in [7, 11) is 1.83. The van der Waals surface area contributed by atoms with E-state index >= 15 is 0 Å². The lowest BCUT2D eigenvalue weighted by Gasteiger charge is -2.21. The van der Waals surface area contributed by atoms with Gasteiger partial charge in [0.1, 0.15) is 0 Å². The summed E-state index contributed by atoms with van der Waals surface area (Å²) in [6.45, 7) is 0. The minimum Gasteiger partial charge on any atom is -0.386 e. The lowest BCUT2D eigenvalue weighted by Crippen LogP contribution is -2.15. The molecule has 1 aliphatic carbocycles. The van der Waals surface area contributed by atoms with E-state index in [0.29, 0.717) is 10.9 Å². The van der Waals surface area contributed by atoms with E-state index in [9.17, 15) is 5.11 Å². The van der Waals surface area contributed by atoms with Crippen LogP contribution in [0.3, 0.4) is 0 Å². The molecule has 1 atom stereocenters. The highest BCUT2D eigenvalue weighted by atomic mass is 35.5. The van der Waals surface area contributed by atoms with Gasteiger partial charge >= 0.3 is 0 Å². The lowest BCUT2D eigenvalue weighted by atomic mass is 9.92. The Balaban J connectivity index is 2.14. The standard InChI is InChI=1S/C12H19ClN2O/c1-15-11(10(13)8-14-15)12(16)9-6-4-2-3-5-7-9/h8-9,12,16H,2-7H2,1H3. The van der Waals surface area contributed by atoms with Gasteiger partial charge in [0.05, 0.1) is 23.0 Å². The van der Waals surface area contributed by atoms with Crippen molar-refractivity contribution in [2.75, 3.05) is 0 Å². The third-order valence-corrected chi connectivity index (χ3v) is 3.86. The summed E-state index contributed by atoms with van der Waals surface area (Å²) < 4.78 is 1.69. The average Bonchev–Trinajstić information content (AvgIpc) is 2.51. The minimum absolute atomic E-state index is 0.343. The van der Waals surface area contributed by atoms with Crippen molar-refractivity contribution in [3.05, 3.63) is 16.9 Å². The van der Waals surface area contributed by atoms with Crippen LogP contribution in [-0.4, -0.2) is 14.9 Å². The summed E-state index contributed by atoms with van der Waals surface area (Å²) in [5, 5.41) is 15.0. The monoisotopic (exact) mass is 242 g/mol. The van der Waals surface area contributed by atoms with Gasteiger partial charge in [0.15, 0.2) is 0 Å². The molecule has 0 aromatic carbocycles. The van der Waals surface area contributed by atoms with Crippen LogP contribution in [-0.2, 0) is 7.05 Å². The number of aliphatic hydroxyl groups excluding tert-OH is 1. The van der Waals surface area contributed by atoms with Gasteiger partial charge < -0.3 is 5.11 Å². The van der Waals surface area contributed by atoms with E-state index in [0.717, 1.165) is 18.5 Å². The molecule has 1 fully saturated rings. The van der Waals surface area contributed by atoms with Crippen LogP contribution < -0.4 is 0 Å². The second-order valence-electron chi connectivity index (χ2n) is 4.70. The maximum atomic E-state index is 10.4. The maximum Gasteiger partial charge on any atom is 0.0999 e. The quantitative estimate of drug-likeness (QED) is 0.810. The van der Waals surface area contributed by atoms with Gasteiger partial charge in [0, 0.05) is 7.05 Å². The molecule has 0 spiro atoms. The molecule has 4 heteroatoms. The van der Waals surface area contributed by atoms with Gasteiger partial charge in [-0.2, -0.15) is 5.10 Å². The second kappa shape index (κ2) is 5.19. The number of aliphatic hydroxyl groups is 1. The third kappa shape index (κ3) is 2.41. The summed E-state index contributed by atoms with van der Waals surface area (Å²) in [4.78, 5) is 0. The molecule has 1 N–H and O–H groups in total. The topological polar surface area (TPSA) is 38.0 Å². The fourth-order valence-corrected chi connectivity index (χ4v) is 2.88. The molecule has 1 heterocycles. The van der Waals surface area contributed by atoms with E-state index in [1.54, 1.807) is 10.9 Å². The van der Waals surface area contributed by atoms with Crippen LogP contribution in [0.4, 0.5) is 0 Å². The average molecular weight is 243 g/mol. The van der Waals surface area contributed by atoms with E-state index in [1.165, 1.54) is 25.7 Å². The van der Waals surface area contributed by atoms with Crippen molar-refractivity contribution < 1.29 is 5.11 Å². The number of aromatic nitrogens is 2. The Morgan fingerprint density at radius 3 is 2.50 bits per heavy atom. The van der Waals surface area contributed by atoms with Crippen LogP contribution in [0.1, 0.15) is 50.3 Å². The van der Waals surface area contributed by atoms with Gasteiger partial charge in [-0.1, -0.05) is 37.3 Å². The molecule has 0 bridgehead atoms. The Labute approximate surface area is 101 Å². The Kier molecular flexibility index (Phi) is 3.87. The van der Waals surface area contributed by atoms with Crippen molar-refractivity contribution in [3.63, 3.8) is 0 Å². The molecule has 0 amide bonds. The largest absolute Gasteiger partial charge is 0.386 e. The number of aryl methyl sites for hydroxylation is 1. The number of rotatable bonds is 2. The molecule has 2 rings (SSSR count). The smallest absolute Gasteiger partial charge is 0.0999 e. The summed E-state index contributed by atoms with van der Waals surface area (Å²) in [5.41, 5.74) is 0.772. The molecular formula is C12H19ClN2O. The van der Waals surface area contributed by atoms with Gasteiger partial charge in [-0.25, -0.2) is 0 Å². The van der Waals surface area contributed by atoms with Gasteiger partial charge in [-0.3, -0.25) is 4.68 Å². The number of nitrogens with zero attached hydrogens (tertiary/aromatic N) is 2. The summed E-state index contributed by atoms with van der Waals surface area (Å²) >= 11 is 6.06. The number of hydrogen-bond acceptors (Lipinski definition) is 2. The first-order valence-corrected chi connectivity index (χ1v) is 6.43. The van der Waals surface area contributed by atoms with E-state index in [4.69, 9.17) is 11.6 Å². The zero-order valence-corrected chi connectivity index (χ0v) is 10.5. The molecule has 1 aromatic rings. The Hall–Kier alpha value is -0.540. The first kappa shape index (κ1) is 11.9. The van der Waals surface area contributed by atoms with E-state index in [-0.39, 0.29) is 0 Å². The molecule has 0 aliphatic heterocycles. The van der Waals surface area contributed by atoms with Crippen molar-refractivity contribution in [2.24, 2.45) is 13.0 Å². The van der Waals surface area contributed by atoms with E-state index in [1.807, 2.05) is 7.05 Å². The summed E-state index contributed by atoms with van der Waals surface area (Å²) in [6.07, 6.45) is 8.37. The Morgan fingerprint density at radius 1 is 1.38 bits per heavy atom. The van der Waals surface area contributed by atoms with Crippen molar-refractivity contribution in [2.45, 2.75) is 44.6 Å². The second-order valence-corrected chi connectivity index (χ2v) is 5.11. The highest BCUT2D eigenvalue weighted by Crippen LogP contribution is 2.35. The maximum absolute atomic E-state index is 10.4. The fourth-order valence-electron chi connectivity index (χ4n) is 2.60. The molecular weight excluding hydrogens is 224 g/mol. The Morgan fingerprint density at radius 2 is 2.00 bits per heavy atom. The van der Waals surface area contributed by atoms with Crippen LogP contribution in [0.2, 0.25) is 5.02 Å². The van der Waals surface area contributed by atoms with Crippen molar-refractivity contribution >= 4 is 11.6 Å². The highest BCUT2D eigenvalue weighted by Gasteiger charge is 2.26. The van der Waals surface area contributed by atoms with Crippen LogP contribution in [0.5, 0.6) is 0 Å². The fraction of sp³-hybridized carbons (Fsp3) is 0.750. The molecule has 16 heavy (non-hydrogen) atoms. The van der Waals surface area contributed by atoms with Crippen LogP contribution in [0, 0.1) is 5.92 Å². The molecule has 1 aliphatic rings. The minimum atomic E-state index is -0.460. The van der Waals surface area contributed by atoms with Crippen LogP contribution in [0.15, 0.2) is 6.20 Å². The van der Waals surface area contributed by atoms with E-state index < -0.39 is 6.10 Å². The van der Waals surface area contributed by atoms with Gasteiger partial charge in [0.2, 0.25) is 0 Å². The normalized spacial score (nSPS) is 20.7. The van der Waals surface area contributed by atoms with Gasteiger partial charge in [-0.15, -0.1) is 0 Å². The van der Waals surface area contributed by atoms with Crippen LogP contribution >= 0.6 is 11.6 Å².